The van der Waals surface area contributed by atoms with Gasteiger partial charge in [0, 0.05) is 51.4 Å². The molecule has 1 aliphatic heterocycles. The van der Waals surface area contributed by atoms with Crippen LogP contribution in [0.25, 0.3) is 0 Å². The van der Waals surface area contributed by atoms with E-state index in [0.717, 1.165) is 44.7 Å². The Bertz CT molecular complexity index is 865. The first-order valence-corrected chi connectivity index (χ1v) is 13.0. The van der Waals surface area contributed by atoms with Crippen LogP contribution >= 0.6 is 0 Å². The van der Waals surface area contributed by atoms with Gasteiger partial charge < -0.3 is 19.7 Å². The predicted octanol–water partition coefficient (Wildman–Crippen LogP) is 4.03. The molecule has 4 rings (SSSR count). The third kappa shape index (κ3) is 6.11. The lowest BCUT2D eigenvalue weighted by molar-refractivity contribution is -0.119. The molecule has 1 aromatic rings. The average Bonchev–Trinajstić information content (AvgIpc) is 3.47. The highest BCUT2D eigenvalue weighted by molar-refractivity contribution is 5.99. The van der Waals surface area contributed by atoms with Gasteiger partial charge in [-0.2, -0.15) is 0 Å². The predicted molar refractivity (Wildman–Crippen MR) is 133 cm³/mol. The smallest absolute Gasteiger partial charge is 0.257 e. The van der Waals surface area contributed by atoms with E-state index in [1.807, 2.05) is 19.2 Å². The normalized spacial score (nSPS) is 27.5. The molecule has 3 atom stereocenters. The second kappa shape index (κ2) is 11.1. The molecule has 2 amide bonds. The van der Waals surface area contributed by atoms with Gasteiger partial charge in [0.2, 0.25) is 5.91 Å². The van der Waals surface area contributed by atoms with Crippen molar-refractivity contribution >= 4 is 17.5 Å². The lowest BCUT2D eigenvalue weighted by Crippen LogP contribution is -2.47. The Kier molecular flexibility index (Phi) is 8.14. The second-order valence-corrected chi connectivity index (χ2v) is 10.7. The standard InChI is InChI=1S/C27H41N3O4/c1-18-14-30(15-20-9-10-20)19(2)17-34-24-12-11-22(28-26(31)21-7-5-6-8-21)13-23(24)27(32)29(3)16-25(18)33-4/h11-13,18-21,25H,5-10,14-17H2,1-4H3,(H,28,31)/t18-,19+,25-/m0/s1. The van der Waals surface area contributed by atoms with Crippen LogP contribution in [0.1, 0.15) is 62.7 Å². The number of hydrogen-bond donors (Lipinski definition) is 1. The Labute approximate surface area is 204 Å². The number of hydrogen-bond acceptors (Lipinski definition) is 5. The molecular weight excluding hydrogens is 430 g/mol. The van der Waals surface area contributed by atoms with Crippen LogP contribution in [0.15, 0.2) is 18.2 Å². The molecule has 7 heteroatoms. The number of likely N-dealkylation sites (N-methyl/N-ethyl adjacent to an activating group) is 1. The van der Waals surface area contributed by atoms with Gasteiger partial charge >= 0.3 is 0 Å². The zero-order valence-corrected chi connectivity index (χ0v) is 21.2. The number of anilines is 1. The Morgan fingerprint density at radius 3 is 2.56 bits per heavy atom. The molecule has 2 saturated carbocycles. The molecule has 0 aromatic heterocycles. The number of methoxy groups -OCH3 is 1. The highest BCUT2D eigenvalue weighted by Crippen LogP contribution is 2.32. The minimum absolute atomic E-state index is 0.0462. The number of fused-ring (bicyclic) bond motifs is 1. The van der Waals surface area contributed by atoms with Gasteiger partial charge in [-0.3, -0.25) is 14.5 Å². The number of ether oxygens (including phenoxy) is 2. The van der Waals surface area contributed by atoms with Crippen molar-refractivity contribution in [1.29, 1.82) is 0 Å². The average molecular weight is 472 g/mol. The molecular formula is C27H41N3O4. The molecule has 3 aliphatic rings. The summed E-state index contributed by atoms with van der Waals surface area (Å²) in [4.78, 5) is 30.4. The maximum absolute atomic E-state index is 13.5. The number of amides is 2. The van der Waals surface area contributed by atoms with Crippen LogP contribution in [0.5, 0.6) is 5.75 Å². The van der Waals surface area contributed by atoms with E-state index >= 15 is 0 Å². The van der Waals surface area contributed by atoms with Crippen molar-refractivity contribution in [3.63, 3.8) is 0 Å². The van der Waals surface area contributed by atoms with Gasteiger partial charge in [0.15, 0.2) is 0 Å². The van der Waals surface area contributed by atoms with Crippen LogP contribution in [-0.2, 0) is 9.53 Å². The summed E-state index contributed by atoms with van der Waals surface area (Å²) in [6.45, 7) is 7.41. The Morgan fingerprint density at radius 1 is 1.15 bits per heavy atom. The van der Waals surface area contributed by atoms with Gasteiger partial charge in [-0.1, -0.05) is 19.8 Å². The zero-order valence-electron chi connectivity index (χ0n) is 21.2. The van der Waals surface area contributed by atoms with Crippen molar-refractivity contribution in [1.82, 2.24) is 9.80 Å². The summed E-state index contributed by atoms with van der Waals surface area (Å²) in [6, 6.07) is 5.66. The first kappa shape index (κ1) is 25.0. The number of rotatable bonds is 5. The summed E-state index contributed by atoms with van der Waals surface area (Å²) in [7, 11) is 3.54. The fraction of sp³-hybridized carbons (Fsp3) is 0.704. The van der Waals surface area contributed by atoms with Crippen molar-refractivity contribution in [2.24, 2.45) is 17.8 Å². The summed E-state index contributed by atoms with van der Waals surface area (Å²) >= 11 is 0. The molecule has 0 radical (unpaired) electrons. The fourth-order valence-corrected chi connectivity index (χ4v) is 5.25. The molecule has 0 saturated heterocycles. The number of nitrogens with one attached hydrogen (secondary N) is 1. The first-order chi connectivity index (χ1) is 16.4. The van der Waals surface area contributed by atoms with Gasteiger partial charge in [-0.25, -0.2) is 0 Å². The van der Waals surface area contributed by atoms with Crippen molar-refractivity contribution in [2.45, 2.75) is 64.5 Å². The van der Waals surface area contributed by atoms with E-state index in [0.29, 0.717) is 30.2 Å². The highest BCUT2D eigenvalue weighted by Gasteiger charge is 2.32. The summed E-state index contributed by atoms with van der Waals surface area (Å²) in [5, 5.41) is 3.03. The highest BCUT2D eigenvalue weighted by atomic mass is 16.5. The van der Waals surface area contributed by atoms with E-state index in [-0.39, 0.29) is 35.8 Å². The maximum Gasteiger partial charge on any atom is 0.257 e. The van der Waals surface area contributed by atoms with Gasteiger partial charge in [-0.05, 0) is 62.6 Å². The van der Waals surface area contributed by atoms with Crippen LogP contribution in [0.3, 0.4) is 0 Å². The van der Waals surface area contributed by atoms with Crippen LogP contribution in [-0.4, -0.2) is 74.2 Å². The topological polar surface area (TPSA) is 71.1 Å². The zero-order chi connectivity index (χ0) is 24.2. The van der Waals surface area contributed by atoms with E-state index in [1.54, 1.807) is 18.1 Å². The monoisotopic (exact) mass is 471 g/mol. The lowest BCUT2D eigenvalue weighted by atomic mass is 10.0. The quantitative estimate of drug-likeness (QED) is 0.702. The molecule has 2 fully saturated rings. The van der Waals surface area contributed by atoms with Crippen LogP contribution in [0, 0.1) is 17.8 Å². The minimum atomic E-state index is -0.121. The summed E-state index contributed by atoms with van der Waals surface area (Å²) in [5.41, 5.74) is 1.13. The second-order valence-electron chi connectivity index (χ2n) is 10.7. The van der Waals surface area contributed by atoms with Crippen molar-refractivity contribution in [3.05, 3.63) is 23.8 Å². The molecule has 0 spiro atoms. The van der Waals surface area contributed by atoms with Crippen LogP contribution in [0.4, 0.5) is 5.69 Å². The fourth-order valence-electron chi connectivity index (χ4n) is 5.25. The van der Waals surface area contributed by atoms with E-state index in [9.17, 15) is 9.59 Å². The molecule has 34 heavy (non-hydrogen) atoms. The number of benzene rings is 1. The van der Waals surface area contributed by atoms with Crippen molar-refractivity contribution in [2.75, 3.05) is 45.7 Å². The third-order valence-electron chi connectivity index (χ3n) is 7.76. The molecule has 0 unspecified atom stereocenters. The Morgan fingerprint density at radius 2 is 1.88 bits per heavy atom. The third-order valence-corrected chi connectivity index (χ3v) is 7.76. The van der Waals surface area contributed by atoms with Gasteiger partial charge in [0.25, 0.3) is 5.91 Å². The van der Waals surface area contributed by atoms with E-state index in [1.165, 1.54) is 12.8 Å². The summed E-state index contributed by atoms with van der Waals surface area (Å²) in [6.07, 6.45) is 6.64. The number of nitrogens with zero attached hydrogens (tertiary/aromatic N) is 2. The summed E-state index contributed by atoms with van der Waals surface area (Å²) < 4.78 is 12.1. The Balaban J connectivity index is 1.58. The molecule has 7 nitrogen and oxygen atoms in total. The molecule has 0 bridgehead atoms. The first-order valence-electron chi connectivity index (χ1n) is 13.0. The van der Waals surface area contributed by atoms with Crippen LogP contribution in [0.2, 0.25) is 0 Å². The van der Waals surface area contributed by atoms with E-state index in [4.69, 9.17) is 9.47 Å². The van der Waals surface area contributed by atoms with E-state index < -0.39 is 0 Å². The largest absolute Gasteiger partial charge is 0.491 e. The molecule has 1 aromatic carbocycles. The van der Waals surface area contributed by atoms with E-state index in [2.05, 4.69) is 24.1 Å². The lowest BCUT2D eigenvalue weighted by Gasteiger charge is -2.36. The van der Waals surface area contributed by atoms with Gasteiger partial charge in [0.05, 0.1) is 11.7 Å². The maximum atomic E-state index is 13.5. The molecule has 1 heterocycles. The van der Waals surface area contributed by atoms with Gasteiger partial charge in [0.1, 0.15) is 12.4 Å². The van der Waals surface area contributed by atoms with Crippen LogP contribution < -0.4 is 10.1 Å². The molecule has 188 valence electrons. The Hall–Kier alpha value is -2.12. The number of carbonyl (C=O) groups is 2. The molecule has 2 aliphatic carbocycles. The molecule has 1 N–H and O–H groups in total. The summed E-state index contributed by atoms with van der Waals surface area (Å²) in [5.74, 6) is 1.62. The number of carbonyl (C=O) groups excluding carboxylic acids is 2. The SMILES string of the molecule is CO[C@H]1CN(C)C(=O)c2cc(NC(=O)C3CCCC3)ccc2OC[C@@H](C)N(CC2CC2)C[C@@H]1C. The van der Waals surface area contributed by atoms with Gasteiger partial charge in [-0.15, -0.1) is 0 Å². The van der Waals surface area contributed by atoms with Crippen molar-refractivity contribution < 1.29 is 19.1 Å². The minimum Gasteiger partial charge on any atom is -0.491 e. The van der Waals surface area contributed by atoms with Crippen molar-refractivity contribution in [3.8, 4) is 5.75 Å².